The molecule has 1 unspecified atom stereocenters. The van der Waals surface area contributed by atoms with Crippen LogP contribution in [-0.2, 0) is 9.53 Å². The standard InChI is InChI=1S/C19H21N5O3/c1-13(12-27-2)18(25)21-14-3-5-15(6-4-14)22-19(26)23-16-7-8-17-20-9-10-24(17)11-16/h3-11,13H,12H2,1-2H3,(H,21,25)(H2,22,23,26). The van der Waals surface area contributed by atoms with Gasteiger partial charge in [0.05, 0.1) is 18.2 Å². The number of ether oxygens (including phenoxy) is 1. The van der Waals surface area contributed by atoms with E-state index in [1.165, 1.54) is 0 Å². The van der Waals surface area contributed by atoms with Crippen LogP contribution in [0.1, 0.15) is 6.92 Å². The average molecular weight is 367 g/mol. The number of benzene rings is 1. The van der Waals surface area contributed by atoms with Crippen LogP contribution in [0.2, 0.25) is 0 Å². The number of nitrogens with one attached hydrogen (secondary N) is 3. The van der Waals surface area contributed by atoms with Gasteiger partial charge in [-0.15, -0.1) is 0 Å². The van der Waals surface area contributed by atoms with Gasteiger partial charge in [0.25, 0.3) is 0 Å². The minimum absolute atomic E-state index is 0.120. The highest BCUT2D eigenvalue weighted by Crippen LogP contribution is 2.16. The first-order valence-corrected chi connectivity index (χ1v) is 8.46. The molecule has 3 rings (SSSR count). The zero-order valence-corrected chi connectivity index (χ0v) is 15.1. The van der Waals surface area contributed by atoms with Gasteiger partial charge in [0.1, 0.15) is 5.65 Å². The molecule has 8 nitrogen and oxygen atoms in total. The van der Waals surface area contributed by atoms with E-state index in [1.54, 1.807) is 63.0 Å². The Kier molecular flexibility index (Phi) is 5.68. The quantitative estimate of drug-likeness (QED) is 0.623. The zero-order chi connectivity index (χ0) is 19.2. The number of amides is 3. The molecular weight excluding hydrogens is 346 g/mol. The predicted molar refractivity (Wildman–Crippen MR) is 104 cm³/mol. The molecule has 0 radical (unpaired) electrons. The summed E-state index contributed by atoms with van der Waals surface area (Å²) in [5.41, 5.74) is 2.71. The van der Waals surface area contributed by atoms with Gasteiger partial charge in [-0.3, -0.25) is 4.79 Å². The molecule has 2 heterocycles. The number of anilines is 3. The molecule has 0 aliphatic carbocycles. The second-order valence-electron chi connectivity index (χ2n) is 6.11. The summed E-state index contributed by atoms with van der Waals surface area (Å²) in [6, 6.07) is 10.1. The second-order valence-corrected chi connectivity index (χ2v) is 6.11. The van der Waals surface area contributed by atoms with E-state index < -0.39 is 0 Å². The maximum atomic E-state index is 12.1. The fraction of sp³-hybridized carbons (Fsp3) is 0.211. The Morgan fingerprint density at radius 2 is 1.67 bits per heavy atom. The Labute approximate surface area is 156 Å². The van der Waals surface area contributed by atoms with Crippen molar-refractivity contribution in [2.75, 3.05) is 29.7 Å². The van der Waals surface area contributed by atoms with E-state index in [-0.39, 0.29) is 17.9 Å². The summed E-state index contributed by atoms with van der Waals surface area (Å²) in [5, 5.41) is 8.32. The lowest BCUT2D eigenvalue weighted by Gasteiger charge is -2.12. The van der Waals surface area contributed by atoms with Crippen LogP contribution in [0.4, 0.5) is 21.9 Å². The molecule has 27 heavy (non-hydrogen) atoms. The number of urea groups is 1. The summed E-state index contributed by atoms with van der Waals surface area (Å²) >= 11 is 0. The molecule has 3 N–H and O–H groups in total. The first kappa shape index (κ1) is 18.4. The van der Waals surface area contributed by atoms with E-state index in [0.717, 1.165) is 5.65 Å². The third-order valence-corrected chi connectivity index (χ3v) is 3.92. The number of hydrogen-bond acceptors (Lipinski definition) is 4. The minimum atomic E-state index is -0.361. The minimum Gasteiger partial charge on any atom is -0.384 e. The zero-order valence-electron chi connectivity index (χ0n) is 15.1. The maximum Gasteiger partial charge on any atom is 0.323 e. The molecule has 3 aromatic rings. The van der Waals surface area contributed by atoms with Crippen molar-refractivity contribution in [3.8, 4) is 0 Å². The van der Waals surface area contributed by atoms with Crippen LogP contribution in [0.25, 0.3) is 5.65 Å². The molecule has 1 aromatic carbocycles. The molecular formula is C19H21N5O3. The molecule has 8 heteroatoms. The third kappa shape index (κ3) is 4.83. The van der Waals surface area contributed by atoms with Crippen molar-refractivity contribution in [3.63, 3.8) is 0 Å². The maximum absolute atomic E-state index is 12.1. The van der Waals surface area contributed by atoms with Crippen LogP contribution in [0.15, 0.2) is 55.0 Å². The molecule has 1 atom stereocenters. The fourth-order valence-electron chi connectivity index (χ4n) is 2.52. The van der Waals surface area contributed by atoms with Crippen LogP contribution < -0.4 is 16.0 Å². The molecule has 0 fully saturated rings. The van der Waals surface area contributed by atoms with Crippen LogP contribution in [0.3, 0.4) is 0 Å². The largest absolute Gasteiger partial charge is 0.384 e. The Bertz CT molecular complexity index is 936. The van der Waals surface area contributed by atoms with Gasteiger partial charge in [0.15, 0.2) is 0 Å². The number of rotatable bonds is 6. The van der Waals surface area contributed by atoms with Crippen molar-refractivity contribution in [1.29, 1.82) is 0 Å². The Hall–Kier alpha value is -3.39. The fourth-order valence-corrected chi connectivity index (χ4v) is 2.52. The number of methoxy groups -OCH3 is 1. The van der Waals surface area contributed by atoms with E-state index >= 15 is 0 Å². The van der Waals surface area contributed by atoms with Gasteiger partial charge in [0.2, 0.25) is 5.91 Å². The summed E-state index contributed by atoms with van der Waals surface area (Å²) in [4.78, 5) is 28.3. The van der Waals surface area contributed by atoms with Crippen molar-refractivity contribution < 1.29 is 14.3 Å². The molecule has 0 aliphatic rings. The SMILES string of the molecule is COCC(C)C(=O)Nc1ccc(NC(=O)Nc2ccc3nccn3c2)cc1. The van der Waals surface area contributed by atoms with Gasteiger partial charge in [-0.1, -0.05) is 6.92 Å². The number of nitrogens with zero attached hydrogens (tertiary/aromatic N) is 2. The summed E-state index contributed by atoms with van der Waals surface area (Å²) < 4.78 is 6.79. The molecule has 0 spiro atoms. The highest BCUT2D eigenvalue weighted by molar-refractivity contribution is 6.00. The van der Waals surface area contributed by atoms with Crippen molar-refractivity contribution in [1.82, 2.24) is 9.38 Å². The summed E-state index contributed by atoms with van der Waals surface area (Å²) in [6.45, 7) is 2.15. The number of carbonyl (C=O) groups is 2. The molecule has 0 aliphatic heterocycles. The molecule has 140 valence electrons. The van der Waals surface area contributed by atoms with Crippen molar-refractivity contribution in [2.24, 2.45) is 5.92 Å². The van der Waals surface area contributed by atoms with Gasteiger partial charge >= 0.3 is 6.03 Å². The lowest BCUT2D eigenvalue weighted by Crippen LogP contribution is -2.23. The number of hydrogen-bond donors (Lipinski definition) is 3. The lowest BCUT2D eigenvalue weighted by atomic mass is 10.2. The Morgan fingerprint density at radius 1 is 1.04 bits per heavy atom. The van der Waals surface area contributed by atoms with Crippen molar-refractivity contribution in [2.45, 2.75) is 6.92 Å². The van der Waals surface area contributed by atoms with E-state index in [1.807, 2.05) is 10.5 Å². The first-order valence-electron chi connectivity index (χ1n) is 8.46. The molecule has 0 saturated heterocycles. The molecule has 3 amide bonds. The molecule has 0 bridgehead atoms. The van der Waals surface area contributed by atoms with Crippen LogP contribution in [0, 0.1) is 5.92 Å². The van der Waals surface area contributed by atoms with Gasteiger partial charge in [-0.25, -0.2) is 9.78 Å². The van der Waals surface area contributed by atoms with Crippen LogP contribution >= 0.6 is 0 Å². The van der Waals surface area contributed by atoms with Crippen LogP contribution in [-0.4, -0.2) is 35.0 Å². The van der Waals surface area contributed by atoms with Gasteiger partial charge in [-0.05, 0) is 36.4 Å². The Morgan fingerprint density at radius 3 is 2.37 bits per heavy atom. The summed E-state index contributed by atoms with van der Waals surface area (Å²) in [6.07, 6.45) is 5.27. The van der Waals surface area contributed by atoms with E-state index in [9.17, 15) is 9.59 Å². The van der Waals surface area contributed by atoms with E-state index in [0.29, 0.717) is 23.7 Å². The average Bonchev–Trinajstić information content (AvgIpc) is 3.11. The van der Waals surface area contributed by atoms with E-state index in [4.69, 9.17) is 4.74 Å². The highest BCUT2D eigenvalue weighted by Gasteiger charge is 2.12. The topological polar surface area (TPSA) is 96.8 Å². The molecule has 2 aromatic heterocycles. The second kappa shape index (κ2) is 8.33. The van der Waals surface area contributed by atoms with E-state index in [2.05, 4.69) is 20.9 Å². The monoisotopic (exact) mass is 367 g/mol. The predicted octanol–water partition coefficient (Wildman–Crippen LogP) is 3.20. The van der Waals surface area contributed by atoms with Gasteiger partial charge in [0, 0.05) is 37.1 Å². The number of aromatic nitrogens is 2. The van der Waals surface area contributed by atoms with Gasteiger partial charge in [-0.2, -0.15) is 0 Å². The Balaban J connectivity index is 1.55. The normalized spacial score (nSPS) is 11.8. The first-order chi connectivity index (χ1) is 13.0. The number of fused-ring (bicyclic) bond motifs is 1. The third-order valence-electron chi connectivity index (χ3n) is 3.92. The number of pyridine rings is 1. The summed E-state index contributed by atoms with van der Waals surface area (Å²) in [5.74, 6) is -0.364. The number of carbonyl (C=O) groups excluding carboxylic acids is 2. The lowest BCUT2D eigenvalue weighted by molar-refractivity contribution is -0.120. The van der Waals surface area contributed by atoms with Crippen molar-refractivity contribution in [3.05, 3.63) is 55.0 Å². The van der Waals surface area contributed by atoms with Crippen molar-refractivity contribution >= 4 is 34.6 Å². The van der Waals surface area contributed by atoms with Crippen LogP contribution in [0.5, 0.6) is 0 Å². The number of imidazole rings is 1. The smallest absolute Gasteiger partial charge is 0.323 e. The highest BCUT2D eigenvalue weighted by atomic mass is 16.5. The molecule has 0 saturated carbocycles. The summed E-state index contributed by atoms with van der Waals surface area (Å²) in [7, 11) is 1.56. The van der Waals surface area contributed by atoms with Gasteiger partial charge < -0.3 is 25.1 Å².